The van der Waals surface area contributed by atoms with E-state index in [-0.39, 0.29) is 23.5 Å². The Morgan fingerprint density at radius 2 is 1.68 bits per heavy atom. The van der Waals surface area contributed by atoms with E-state index in [2.05, 4.69) is 15.1 Å². The molecule has 176 valence electrons. The zero-order chi connectivity index (χ0) is 23.5. The van der Waals surface area contributed by atoms with Crippen molar-refractivity contribution < 1.29 is 18.4 Å². The van der Waals surface area contributed by atoms with Crippen molar-refractivity contribution in [3.05, 3.63) is 66.4 Å². The number of rotatable bonds is 4. The number of halogens is 1. The van der Waals surface area contributed by atoms with Crippen LogP contribution in [-0.4, -0.2) is 71.1 Å². The van der Waals surface area contributed by atoms with Crippen LogP contribution >= 0.6 is 0 Å². The third-order valence-corrected chi connectivity index (χ3v) is 6.50. The fourth-order valence-electron chi connectivity index (χ4n) is 4.60. The van der Waals surface area contributed by atoms with Crippen LogP contribution in [0.2, 0.25) is 0 Å². The molecule has 2 aliphatic heterocycles. The zero-order valence-corrected chi connectivity index (χ0v) is 18.8. The van der Waals surface area contributed by atoms with Crippen LogP contribution in [0.25, 0.3) is 11.3 Å². The first kappa shape index (κ1) is 22.1. The van der Waals surface area contributed by atoms with Crippen LogP contribution in [0.4, 0.5) is 10.2 Å². The first-order chi connectivity index (χ1) is 16.6. The van der Waals surface area contributed by atoms with Gasteiger partial charge in [0, 0.05) is 44.8 Å². The molecule has 9 heteroatoms. The summed E-state index contributed by atoms with van der Waals surface area (Å²) >= 11 is 0. The molecule has 1 unspecified atom stereocenters. The van der Waals surface area contributed by atoms with Crippen molar-refractivity contribution in [2.24, 2.45) is 5.92 Å². The molecule has 0 aliphatic carbocycles. The molecule has 2 aromatic heterocycles. The van der Waals surface area contributed by atoms with E-state index in [4.69, 9.17) is 4.42 Å². The van der Waals surface area contributed by atoms with E-state index in [1.807, 2.05) is 17.0 Å². The second-order valence-electron chi connectivity index (χ2n) is 8.66. The van der Waals surface area contributed by atoms with Crippen molar-refractivity contribution in [1.29, 1.82) is 0 Å². The molecule has 34 heavy (non-hydrogen) atoms. The summed E-state index contributed by atoms with van der Waals surface area (Å²) in [5, 5.41) is 8.67. The van der Waals surface area contributed by atoms with Gasteiger partial charge in [0.25, 0.3) is 5.91 Å². The highest BCUT2D eigenvalue weighted by Gasteiger charge is 2.33. The lowest BCUT2D eigenvalue weighted by molar-refractivity contribution is -0.137. The van der Waals surface area contributed by atoms with Gasteiger partial charge in [-0.1, -0.05) is 0 Å². The van der Waals surface area contributed by atoms with Crippen molar-refractivity contribution in [2.75, 3.05) is 44.2 Å². The molecule has 1 atom stereocenters. The van der Waals surface area contributed by atoms with Crippen molar-refractivity contribution >= 4 is 17.6 Å². The maximum absolute atomic E-state index is 13.2. The third-order valence-electron chi connectivity index (χ3n) is 6.50. The molecule has 0 radical (unpaired) electrons. The molecule has 0 N–H and O–H groups in total. The Bertz CT molecular complexity index is 1130. The molecule has 1 aromatic carbocycles. The standard InChI is InChI=1S/C25H26FN5O3/c26-20-7-5-18(6-8-20)21-9-10-23(28-27-21)31-11-1-3-19(17-31)24(32)29-12-14-30(15-13-29)25(33)22-4-2-16-34-22/h2,4-10,16,19H,1,3,11-15,17H2. The summed E-state index contributed by atoms with van der Waals surface area (Å²) in [6, 6.07) is 13.3. The number of carbonyl (C=O) groups is 2. The number of benzene rings is 1. The van der Waals surface area contributed by atoms with Crippen LogP contribution in [0.15, 0.2) is 59.2 Å². The Labute approximate surface area is 197 Å². The van der Waals surface area contributed by atoms with E-state index < -0.39 is 0 Å². The number of aromatic nitrogens is 2. The number of amides is 2. The summed E-state index contributed by atoms with van der Waals surface area (Å²) < 4.78 is 18.4. The molecule has 0 bridgehead atoms. The number of carbonyl (C=O) groups excluding carboxylic acids is 2. The Morgan fingerprint density at radius 3 is 2.35 bits per heavy atom. The first-order valence-corrected chi connectivity index (χ1v) is 11.5. The molecule has 4 heterocycles. The van der Waals surface area contributed by atoms with E-state index >= 15 is 0 Å². The van der Waals surface area contributed by atoms with Gasteiger partial charge in [-0.2, -0.15) is 0 Å². The minimum atomic E-state index is -0.289. The molecule has 2 aliphatic rings. The Morgan fingerprint density at radius 1 is 0.912 bits per heavy atom. The van der Waals surface area contributed by atoms with Crippen LogP contribution in [0.3, 0.4) is 0 Å². The molecule has 8 nitrogen and oxygen atoms in total. The highest BCUT2D eigenvalue weighted by atomic mass is 19.1. The van der Waals surface area contributed by atoms with E-state index in [1.165, 1.54) is 18.4 Å². The third kappa shape index (κ3) is 4.64. The van der Waals surface area contributed by atoms with Gasteiger partial charge in [0.05, 0.1) is 17.9 Å². The zero-order valence-electron chi connectivity index (χ0n) is 18.8. The summed E-state index contributed by atoms with van der Waals surface area (Å²) in [6.07, 6.45) is 3.22. The van der Waals surface area contributed by atoms with Crippen molar-refractivity contribution in [2.45, 2.75) is 12.8 Å². The Kier molecular flexibility index (Phi) is 6.24. The fraction of sp³-hybridized carbons (Fsp3) is 0.360. The first-order valence-electron chi connectivity index (χ1n) is 11.5. The maximum atomic E-state index is 13.2. The lowest BCUT2D eigenvalue weighted by Crippen LogP contribution is -2.53. The second-order valence-corrected chi connectivity index (χ2v) is 8.66. The number of piperidine rings is 1. The molecule has 0 spiro atoms. The smallest absolute Gasteiger partial charge is 0.289 e. The molecule has 5 rings (SSSR count). The number of piperazine rings is 1. The Balaban J connectivity index is 1.18. The van der Waals surface area contributed by atoms with Crippen LogP contribution in [0, 0.1) is 11.7 Å². The van der Waals surface area contributed by atoms with Crippen LogP contribution in [0.1, 0.15) is 23.4 Å². The summed E-state index contributed by atoms with van der Waals surface area (Å²) in [5.41, 5.74) is 1.48. The van der Waals surface area contributed by atoms with Gasteiger partial charge < -0.3 is 19.1 Å². The largest absolute Gasteiger partial charge is 0.459 e. The number of anilines is 1. The van der Waals surface area contributed by atoms with Gasteiger partial charge in [0.1, 0.15) is 5.82 Å². The maximum Gasteiger partial charge on any atom is 0.289 e. The summed E-state index contributed by atoms with van der Waals surface area (Å²) in [6.45, 7) is 3.45. The van der Waals surface area contributed by atoms with Gasteiger partial charge in [-0.05, 0) is 61.4 Å². The van der Waals surface area contributed by atoms with Crippen molar-refractivity contribution in [3.8, 4) is 11.3 Å². The lowest BCUT2D eigenvalue weighted by Gasteiger charge is -2.39. The van der Waals surface area contributed by atoms with Gasteiger partial charge in [-0.3, -0.25) is 9.59 Å². The van der Waals surface area contributed by atoms with Gasteiger partial charge in [-0.15, -0.1) is 10.2 Å². The molecule has 2 fully saturated rings. The fourth-order valence-corrected chi connectivity index (χ4v) is 4.60. The SMILES string of the molecule is O=C(c1ccco1)N1CCN(C(=O)C2CCCN(c3ccc(-c4ccc(F)cc4)nn3)C2)CC1. The normalized spacial score (nSPS) is 18.7. The Hall–Kier alpha value is -3.75. The van der Waals surface area contributed by atoms with Gasteiger partial charge >= 0.3 is 0 Å². The van der Waals surface area contributed by atoms with Crippen molar-refractivity contribution in [1.82, 2.24) is 20.0 Å². The van der Waals surface area contributed by atoms with Crippen LogP contribution in [-0.2, 0) is 4.79 Å². The molecule has 2 saturated heterocycles. The van der Waals surface area contributed by atoms with E-state index in [9.17, 15) is 14.0 Å². The predicted octanol–water partition coefficient (Wildman–Crippen LogP) is 3.08. The van der Waals surface area contributed by atoms with Gasteiger partial charge in [0.15, 0.2) is 11.6 Å². The topological polar surface area (TPSA) is 82.8 Å². The van der Waals surface area contributed by atoms with Crippen LogP contribution < -0.4 is 4.90 Å². The average molecular weight is 464 g/mol. The second kappa shape index (κ2) is 9.62. The molecule has 3 aromatic rings. The monoisotopic (exact) mass is 463 g/mol. The highest BCUT2D eigenvalue weighted by molar-refractivity contribution is 5.91. The minimum absolute atomic E-state index is 0.111. The number of hydrogen-bond acceptors (Lipinski definition) is 6. The summed E-state index contributed by atoms with van der Waals surface area (Å²) in [7, 11) is 0. The molecular formula is C25H26FN5O3. The van der Waals surface area contributed by atoms with E-state index in [1.54, 1.807) is 29.2 Å². The number of hydrogen-bond donors (Lipinski definition) is 0. The number of nitrogens with zero attached hydrogens (tertiary/aromatic N) is 5. The minimum Gasteiger partial charge on any atom is -0.459 e. The van der Waals surface area contributed by atoms with Crippen molar-refractivity contribution in [3.63, 3.8) is 0 Å². The molecule has 0 saturated carbocycles. The summed E-state index contributed by atoms with van der Waals surface area (Å²) in [4.78, 5) is 31.4. The van der Waals surface area contributed by atoms with Crippen LogP contribution in [0.5, 0.6) is 0 Å². The quantitative estimate of drug-likeness (QED) is 0.592. The van der Waals surface area contributed by atoms with E-state index in [0.29, 0.717) is 44.2 Å². The predicted molar refractivity (Wildman–Crippen MR) is 124 cm³/mol. The number of furan rings is 1. The average Bonchev–Trinajstić information content (AvgIpc) is 3.44. The van der Waals surface area contributed by atoms with Gasteiger partial charge in [-0.25, -0.2) is 4.39 Å². The molecule has 2 amide bonds. The summed E-state index contributed by atoms with van der Waals surface area (Å²) in [5.74, 6) is 0.656. The van der Waals surface area contributed by atoms with Gasteiger partial charge in [0.2, 0.25) is 5.91 Å². The highest BCUT2D eigenvalue weighted by Crippen LogP contribution is 2.25. The lowest BCUT2D eigenvalue weighted by atomic mass is 9.96. The molecular weight excluding hydrogens is 437 g/mol. The van der Waals surface area contributed by atoms with E-state index in [0.717, 1.165) is 30.8 Å².